The Kier molecular flexibility index (Phi) is 6.54. The van der Waals surface area contributed by atoms with Gasteiger partial charge in [-0.3, -0.25) is 14.9 Å². The monoisotopic (exact) mass is 471 g/mol. The molecule has 1 fully saturated rings. The molecule has 0 radical (unpaired) electrons. The molecule has 2 aromatic rings. The lowest BCUT2D eigenvalue weighted by atomic mass is 10.1. The van der Waals surface area contributed by atoms with Crippen molar-refractivity contribution in [3.63, 3.8) is 0 Å². The number of amides is 1. The highest BCUT2D eigenvalue weighted by atomic mass is 35.5. The lowest BCUT2D eigenvalue weighted by Crippen LogP contribution is -2.55. The van der Waals surface area contributed by atoms with Crippen LogP contribution in [-0.2, 0) is 11.0 Å². The minimum absolute atomic E-state index is 0.0896. The summed E-state index contributed by atoms with van der Waals surface area (Å²) in [6, 6.07) is 9.06. The fourth-order valence-corrected chi connectivity index (χ4v) is 3.61. The molecule has 32 heavy (non-hydrogen) atoms. The largest absolute Gasteiger partial charge is 0.478 e. The van der Waals surface area contributed by atoms with Gasteiger partial charge in [-0.05, 0) is 50.2 Å². The van der Waals surface area contributed by atoms with E-state index < -0.39 is 28.0 Å². The molecule has 3 rings (SSSR count). The summed E-state index contributed by atoms with van der Waals surface area (Å²) in [5.74, 6) is 0.209. The first-order valence-electron chi connectivity index (χ1n) is 9.73. The molecule has 0 atom stereocenters. The van der Waals surface area contributed by atoms with Gasteiger partial charge in [0.05, 0.1) is 10.5 Å². The van der Waals surface area contributed by atoms with E-state index in [1.54, 1.807) is 47.9 Å². The maximum absolute atomic E-state index is 13.0. The van der Waals surface area contributed by atoms with Gasteiger partial charge in [0.1, 0.15) is 11.4 Å². The minimum Gasteiger partial charge on any atom is -0.478 e. The molecule has 7 nitrogen and oxygen atoms in total. The van der Waals surface area contributed by atoms with Gasteiger partial charge >= 0.3 is 6.18 Å². The Morgan fingerprint density at radius 1 is 1.06 bits per heavy atom. The van der Waals surface area contributed by atoms with Crippen LogP contribution in [0.5, 0.6) is 5.75 Å². The molecular weight excluding hydrogens is 451 g/mol. The lowest BCUT2D eigenvalue weighted by Gasteiger charge is -2.39. The molecule has 2 aromatic carbocycles. The van der Waals surface area contributed by atoms with Crippen molar-refractivity contribution >= 4 is 28.9 Å². The molecular formula is C21H21ClF3N3O4. The van der Waals surface area contributed by atoms with E-state index in [2.05, 4.69) is 0 Å². The molecule has 1 aliphatic heterocycles. The Labute approximate surface area is 187 Å². The third kappa shape index (κ3) is 5.24. The third-order valence-corrected chi connectivity index (χ3v) is 5.36. The number of nitrogens with zero attached hydrogens (tertiary/aromatic N) is 3. The number of ether oxygens (including phenoxy) is 1. The van der Waals surface area contributed by atoms with E-state index in [0.717, 1.165) is 12.1 Å². The number of alkyl halides is 3. The van der Waals surface area contributed by atoms with Gasteiger partial charge in [-0.25, -0.2) is 0 Å². The van der Waals surface area contributed by atoms with Crippen LogP contribution in [0, 0.1) is 10.1 Å². The van der Waals surface area contributed by atoms with Gasteiger partial charge in [0.15, 0.2) is 5.60 Å². The lowest BCUT2D eigenvalue weighted by molar-refractivity contribution is -0.384. The summed E-state index contributed by atoms with van der Waals surface area (Å²) in [5.41, 5.74) is -2.78. The first-order valence-corrected chi connectivity index (χ1v) is 10.1. The Balaban J connectivity index is 1.70. The van der Waals surface area contributed by atoms with Gasteiger partial charge in [-0.1, -0.05) is 11.6 Å². The van der Waals surface area contributed by atoms with Crippen LogP contribution in [-0.4, -0.2) is 47.5 Å². The number of nitro benzene ring substituents is 1. The van der Waals surface area contributed by atoms with Crippen molar-refractivity contribution in [1.29, 1.82) is 0 Å². The van der Waals surface area contributed by atoms with E-state index in [-0.39, 0.29) is 37.8 Å². The highest BCUT2D eigenvalue weighted by molar-refractivity contribution is 6.30. The number of hydrogen-bond acceptors (Lipinski definition) is 5. The van der Waals surface area contributed by atoms with Gasteiger partial charge in [0.2, 0.25) is 0 Å². The molecule has 0 spiro atoms. The van der Waals surface area contributed by atoms with Crippen molar-refractivity contribution in [2.24, 2.45) is 0 Å². The molecule has 1 heterocycles. The maximum Gasteiger partial charge on any atom is 0.416 e. The normalized spacial score (nSPS) is 14.9. The highest BCUT2D eigenvalue weighted by Crippen LogP contribution is 2.37. The van der Waals surface area contributed by atoms with Crippen LogP contribution in [0.15, 0.2) is 42.5 Å². The van der Waals surface area contributed by atoms with E-state index >= 15 is 0 Å². The SMILES string of the molecule is CC(C)(Oc1ccc(Cl)cc1)C(=O)N1CCN(c2ccc(C(F)(F)F)cc2[N+](=O)[O-])CC1. The van der Waals surface area contributed by atoms with Crippen molar-refractivity contribution in [1.82, 2.24) is 4.90 Å². The second-order valence-electron chi connectivity index (χ2n) is 7.80. The number of rotatable bonds is 5. The van der Waals surface area contributed by atoms with Crippen molar-refractivity contribution in [2.45, 2.75) is 25.6 Å². The summed E-state index contributed by atoms with van der Waals surface area (Å²) in [4.78, 5) is 26.7. The van der Waals surface area contributed by atoms with Gasteiger partial charge in [0, 0.05) is 37.3 Å². The van der Waals surface area contributed by atoms with E-state index in [0.29, 0.717) is 16.8 Å². The third-order valence-electron chi connectivity index (χ3n) is 5.11. The number of benzene rings is 2. The second kappa shape index (κ2) is 8.85. The molecule has 1 amide bonds. The zero-order valence-electron chi connectivity index (χ0n) is 17.4. The summed E-state index contributed by atoms with van der Waals surface area (Å²) in [7, 11) is 0. The molecule has 0 N–H and O–H groups in total. The van der Waals surface area contributed by atoms with Crippen LogP contribution in [0.1, 0.15) is 19.4 Å². The zero-order valence-corrected chi connectivity index (χ0v) is 18.1. The van der Waals surface area contributed by atoms with Crippen LogP contribution in [0.3, 0.4) is 0 Å². The molecule has 0 aliphatic carbocycles. The molecule has 0 saturated carbocycles. The number of carbonyl (C=O) groups is 1. The van der Waals surface area contributed by atoms with Gasteiger partial charge in [-0.2, -0.15) is 13.2 Å². The van der Waals surface area contributed by atoms with Crippen LogP contribution in [0.2, 0.25) is 5.02 Å². The molecule has 1 saturated heterocycles. The Bertz CT molecular complexity index is 1000. The summed E-state index contributed by atoms with van der Waals surface area (Å²) >= 11 is 5.86. The summed E-state index contributed by atoms with van der Waals surface area (Å²) < 4.78 is 44.6. The fraction of sp³-hybridized carbons (Fsp3) is 0.381. The van der Waals surface area contributed by atoms with E-state index in [1.165, 1.54) is 0 Å². The van der Waals surface area contributed by atoms with Gasteiger partial charge < -0.3 is 14.5 Å². The summed E-state index contributed by atoms with van der Waals surface area (Å²) in [6.07, 6.45) is -4.68. The van der Waals surface area contributed by atoms with E-state index in [4.69, 9.17) is 16.3 Å². The number of nitro groups is 1. The predicted molar refractivity (Wildman–Crippen MR) is 113 cm³/mol. The molecule has 0 aromatic heterocycles. The fourth-order valence-electron chi connectivity index (χ4n) is 3.49. The second-order valence-corrected chi connectivity index (χ2v) is 8.24. The average Bonchev–Trinajstić information content (AvgIpc) is 2.73. The summed E-state index contributed by atoms with van der Waals surface area (Å²) in [5, 5.41) is 11.9. The van der Waals surface area contributed by atoms with Crippen LogP contribution < -0.4 is 9.64 Å². The minimum atomic E-state index is -4.68. The smallest absolute Gasteiger partial charge is 0.416 e. The Hall–Kier alpha value is -3.01. The number of anilines is 1. The van der Waals surface area contributed by atoms with Crippen molar-refractivity contribution in [3.8, 4) is 5.75 Å². The highest BCUT2D eigenvalue weighted by Gasteiger charge is 2.37. The Morgan fingerprint density at radius 3 is 2.19 bits per heavy atom. The van der Waals surface area contributed by atoms with Crippen molar-refractivity contribution in [3.05, 3.63) is 63.2 Å². The zero-order chi connectivity index (χ0) is 23.7. The van der Waals surface area contributed by atoms with Gasteiger partial charge in [0.25, 0.3) is 11.6 Å². The molecule has 11 heteroatoms. The van der Waals surface area contributed by atoms with Crippen LogP contribution in [0.25, 0.3) is 0 Å². The number of hydrogen-bond donors (Lipinski definition) is 0. The molecule has 0 unspecified atom stereocenters. The average molecular weight is 472 g/mol. The summed E-state index contributed by atoms with van der Waals surface area (Å²) in [6.45, 7) is 4.22. The quantitative estimate of drug-likeness (QED) is 0.463. The number of halogens is 4. The van der Waals surface area contributed by atoms with Crippen molar-refractivity contribution < 1.29 is 27.6 Å². The Morgan fingerprint density at radius 2 is 1.66 bits per heavy atom. The first-order chi connectivity index (χ1) is 14.9. The molecule has 172 valence electrons. The van der Waals surface area contributed by atoms with Crippen molar-refractivity contribution in [2.75, 3.05) is 31.1 Å². The van der Waals surface area contributed by atoms with Crippen LogP contribution >= 0.6 is 11.6 Å². The van der Waals surface area contributed by atoms with E-state index in [9.17, 15) is 28.1 Å². The first kappa shape index (κ1) is 23.6. The molecule has 0 bridgehead atoms. The van der Waals surface area contributed by atoms with Crippen LogP contribution in [0.4, 0.5) is 24.5 Å². The number of carbonyl (C=O) groups excluding carboxylic acids is 1. The maximum atomic E-state index is 13.0. The number of piperazine rings is 1. The van der Waals surface area contributed by atoms with Gasteiger partial charge in [-0.15, -0.1) is 0 Å². The molecule has 1 aliphatic rings. The predicted octanol–water partition coefficient (Wildman–Crippen LogP) is 4.77. The standard InChI is InChI=1S/C21H21ClF3N3O4/c1-20(2,32-16-6-4-15(22)5-7-16)19(29)27-11-9-26(10-12-27)17-8-3-14(21(23,24)25)13-18(17)28(30)31/h3-8,13H,9-12H2,1-2H3. The topological polar surface area (TPSA) is 75.9 Å². The van der Waals surface area contributed by atoms with E-state index in [1.807, 2.05) is 0 Å².